The van der Waals surface area contributed by atoms with Crippen molar-refractivity contribution in [1.82, 2.24) is 25.5 Å². The lowest BCUT2D eigenvalue weighted by Gasteiger charge is -2.18. The van der Waals surface area contributed by atoms with Crippen LogP contribution in [0.5, 0.6) is 0 Å². The molecule has 1 heterocycles. The summed E-state index contributed by atoms with van der Waals surface area (Å²) in [5, 5.41) is 16.7. The van der Waals surface area contributed by atoms with Gasteiger partial charge in [-0.3, -0.25) is 9.59 Å². The lowest BCUT2D eigenvalue weighted by molar-refractivity contribution is -0.120. The van der Waals surface area contributed by atoms with E-state index < -0.39 is 6.04 Å². The molecule has 26 heavy (non-hydrogen) atoms. The average molecular weight is 350 g/mol. The van der Waals surface area contributed by atoms with Gasteiger partial charge in [-0.15, -0.1) is 5.10 Å². The van der Waals surface area contributed by atoms with Crippen LogP contribution in [0, 0.1) is 0 Å². The first kappa shape index (κ1) is 17.3. The predicted molar refractivity (Wildman–Crippen MR) is 95.4 cm³/mol. The molecule has 3 aromatic rings. The standard InChI is InChI=1S/C18H18N6O2/c1-13(25)20-17(14-6-3-2-4-7-14)11-18(26)21-15-8-5-9-16(10-15)24-12-19-22-23-24/h2-10,12,17H,11H2,1H3,(H,20,25)(H,21,26). The number of amides is 2. The molecule has 0 aliphatic rings. The molecule has 0 bridgehead atoms. The molecule has 2 aromatic carbocycles. The minimum atomic E-state index is -0.392. The highest BCUT2D eigenvalue weighted by atomic mass is 16.2. The number of nitrogens with one attached hydrogen (secondary N) is 2. The number of nitrogens with zero attached hydrogens (tertiary/aromatic N) is 4. The quantitative estimate of drug-likeness (QED) is 0.707. The van der Waals surface area contributed by atoms with Crippen molar-refractivity contribution in [2.45, 2.75) is 19.4 Å². The van der Waals surface area contributed by atoms with Gasteiger partial charge >= 0.3 is 0 Å². The highest BCUT2D eigenvalue weighted by molar-refractivity contribution is 5.91. The summed E-state index contributed by atoms with van der Waals surface area (Å²) in [4.78, 5) is 23.9. The average Bonchev–Trinajstić information content (AvgIpc) is 3.16. The second-order valence-electron chi connectivity index (χ2n) is 5.72. The van der Waals surface area contributed by atoms with Gasteiger partial charge in [0, 0.05) is 12.6 Å². The molecule has 132 valence electrons. The van der Waals surface area contributed by atoms with Gasteiger partial charge in [-0.1, -0.05) is 36.4 Å². The van der Waals surface area contributed by atoms with Gasteiger partial charge < -0.3 is 10.6 Å². The van der Waals surface area contributed by atoms with Crippen molar-refractivity contribution in [2.24, 2.45) is 0 Å². The normalized spacial score (nSPS) is 11.6. The number of anilines is 1. The summed E-state index contributed by atoms with van der Waals surface area (Å²) in [6.07, 6.45) is 1.60. The number of hydrogen-bond donors (Lipinski definition) is 2. The smallest absolute Gasteiger partial charge is 0.226 e. The van der Waals surface area contributed by atoms with E-state index in [1.165, 1.54) is 17.9 Å². The van der Waals surface area contributed by atoms with Crippen LogP contribution in [-0.2, 0) is 9.59 Å². The maximum atomic E-state index is 12.5. The Hall–Kier alpha value is -3.55. The number of carbonyl (C=O) groups is 2. The molecule has 1 atom stereocenters. The molecule has 0 spiro atoms. The predicted octanol–water partition coefficient (Wildman–Crippen LogP) is 1.87. The van der Waals surface area contributed by atoms with Crippen LogP contribution in [0.4, 0.5) is 5.69 Å². The SMILES string of the molecule is CC(=O)NC(CC(=O)Nc1cccc(-n2cnnn2)c1)c1ccccc1. The van der Waals surface area contributed by atoms with E-state index in [1.54, 1.807) is 18.2 Å². The van der Waals surface area contributed by atoms with Gasteiger partial charge in [-0.05, 0) is 34.2 Å². The molecule has 8 heteroatoms. The zero-order chi connectivity index (χ0) is 18.4. The van der Waals surface area contributed by atoms with Gasteiger partial charge in [0.05, 0.1) is 18.2 Å². The number of benzene rings is 2. The van der Waals surface area contributed by atoms with Crippen LogP contribution in [0.3, 0.4) is 0 Å². The van der Waals surface area contributed by atoms with Crippen LogP contribution >= 0.6 is 0 Å². The second kappa shape index (κ2) is 8.02. The zero-order valence-corrected chi connectivity index (χ0v) is 14.2. The van der Waals surface area contributed by atoms with Crippen molar-refractivity contribution in [3.8, 4) is 5.69 Å². The molecule has 3 rings (SSSR count). The summed E-state index contributed by atoms with van der Waals surface area (Å²) in [6, 6.07) is 16.2. The van der Waals surface area contributed by atoms with Crippen LogP contribution in [0.15, 0.2) is 60.9 Å². The minimum absolute atomic E-state index is 0.124. The van der Waals surface area contributed by atoms with E-state index in [4.69, 9.17) is 0 Å². The van der Waals surface area contributed by atoms with Crippen molar-refractivity contribution in [1.29, 1.82) is 0 Å². The highest BCUT2D eigenvalue weighted by Crippen LogP contribution is 2.19. The maximum Gasteiger partial charge on any atom is 0.226 e. The summed E-state index contributed by atoms with van der Waals surface area (Å²) < 4.78 is 1.50. The van der Waals surface area contributed by atoms with Crippen molar-refractivity contribution in [3.05, 3.63) is 66.5 Å². The Bertz CT molecular complexity index is 880. The third-order valence-corrected chi connectivity index (χ3v) is 3.71. The van der Waals surface area contributed by atoms with E-state index in [9.17, 15) is 9.59 Å². The van der Waals surface area contributed by atoms with Crippen LogP contribution in [0.2, 0.25) is 0 Å². The Morgan fingerprint density at radius 2 is 1.92 bits per heavy atom. The maximum absolute atomic E-state index is 12.5. The summed E-state index contributed by atoms with van der Waals surface area (Å²) in [5.41, 5.74) is 2.23. The fraction of sp³-hybridized carbons (Fsp3) is 0.167. The van der Waals surface area contributed by atoms with Crippen LogP contribution < -0.4 is 10.6 Å². The van der Waals surface area contributed by atoms with Crippen molar-refractivity contribution < 1.29 is 9.59 Å². The van der Waals surface area contributed by atoms with Gasteiger partial charge in [0.15, 0.2) is 0 Å². The van der Waals surface area contributed by atoms with E-state index in [0.29, 0.717) is 5.69 Å². The fourth-order valence-corrected chi connectivity index (χ4v) is 2.59. The number of hydrogen-bond acceptors (Lipinski definition) is 5. The lowest BCUT2D eigenvalue weighted by Crippen LogP contribution is -2.29. The topological polar surface area (TPSA) is 102 Å². The number of carbonyl (C=O) groups excluding carboxylic acids is 2. The molecule has 0 saturated carbocycles. The number of aromatic nitrogens is 4. The summed E-state index contributed by atoms with van der Waals surface area (Å²) in [7, 11) is 0. The number of rotatable bonds is 6. The largest absolute Gasteiger partial charge is 0.349 e. The third-order valence-electron chi connectivity index (χ3n) is 3.71. The van der Waals surface area contributed by atoms with E-state index in [2.05, 4.69) is 26.2 Å². The molecule has 1 unspecified atom stereocenters. The molecule has 1 aromatic heterocycles. The first-order valence-electron chi connectivity index (χ1n) is 8.07. The molecule has 8 nitrogen and oxygen atoms in total. The highest BCUT2D eigenvalue weighted by Gasteiger charge is 2.17. The minimum Gasteiger partial charge on any atom is -0.349 e. The molecule has 0 fully saturated rings. The zero-order valence-electron chi connectivity index (χ0n) is 14.2. The fourth-order valence-electron chi connectivity index (χ4n) is 2.59. The summed E-state index contributed by atoms with van der Waals surface area (Å²) in [5.74, 6) is -0.395. The molecular weight excluding hydrogens is 332 g/mol. The molecular formula is C18H18N6O2. The van der Waals surface area contributed by atoms with Gasteiger partial charge in [-0.25, -0.2) is 4.68 Å². The Morgan fingerprint density at radius 3 is 2.62 bits per heavy atom. The van der Waals surface area contributed by atoms with Crippen molar-refractivity contribution in [3.63, 3.8) is 0 Å². The summed E-state index contributed by atoms with van der Waals surface area (Å²) in [6.45, 7) is 1.43. The van der Waals surface area contributed by atoms with E-state index in [-0.39, 0.29) is 18.2 Å². The molecule has 0 saturated heterocycles. The van der Waals surface area contributed by atoms with Gasteiger partial charge in [0.2, 0.25) is 11.8 Å². The molecule has 2 amide bonds. The Balaban J connectivity index is 1.70. The van der Waals surface area contributed by atoms with Crippen LogP contribution in [0.1, 0.15) is 24.9 Å². The van der Waals surface area contributed by atoms with E-state index in [0.717, 1.165) is 11.3 Å². The van der Waals surface area contributed by atoms with Gasteiger partial charge in [-0.2, -0.15) is 0 Å². The molecule has 0 aliphatic heterocycles. The van der Waals surface area contributed by atoms with Crippen molar-refractivity contribution >= 4 is 17.5 Å². The lowest BCUT2D eigenvalue weighted by atomic mass is 10.0. The monoisotopic (exact) mass is 350 g/mol. The first-order valence-corrected chi connectivity index (χ1v) is 8.07. The first-order chi connectivity index (χ1) is 12.6. The molecule has 2 N–H and O–H groups in total. The molecule has 0 radical (unpaired) electrons. The Labute approximate surface area is 150 Å². The van der Waals surface area contributed by atoms with E-state index >= 15 is 0 Å². The van der Waals surface area contributed by atoms with E-state index in [1.807, 2.05) is 36.4 Å². The van der Waals surface area contributed by atoms with Crippen LogP contribution in [0.25, 0.3) is 5.69 Å². The third kappa shape index (κ3) is 4.50. The Morgan fingerprint density at radius 1 is 1.12 bits per heavy atom. The second-order valence-corrected chi connectivity index (χ2v) is 5.72. The van der Waals surface area contributed by atoms with Crippen LogP contribution in [-0.4, -0.2) is 32.0 Å². The number of tetrazole rings is 1. The Kier molecular flexibility index (Phi) is 5.33. The summed E-state index contributed by atoms with van der Waals surface area (Å²) >= 11 is 0. The van der Waals surface area contributed by atoms with Gasteiger partial charge in [0.25, 0.3) is 0 Å². The molecule has 0 aliphatic carbocycles. The van der Waals surface area contributed by atoms with Gasteiger partial charge in [0.1, 0.15) is 6.33 Å². The van der Waals surface area contributed by atoms with Crippen molar-refractivity contribution in [2.75, 3.05) is 5.32 Å².